The van der Waals surface area contributed by atoms with Crippen LogP contribution in [0.4, 0.5) is 4.39 Å². The molecule has 2 amide bonds. The minimum absolute atomic E-state index is 0.0524. The number of rotatable bonds is 4. The second-order valence-corrected chi connectivity index (χ2v) is 4.89. The van der Waals surface area contributed by atoms with Crippen LogP contribution in [0.5, 0.6) is 5.75 Å². The van der Waals surface area contributed by atoms with E-state index in [1.807, 2.05) is 0 Å². The average molecular weight is 338 g/mol. The van der Waals surface area contributed by atoms with E-state index in [4.69, 9.17) is 16.3 Å². The third kappa shape index (κ3) is 4.65. The molecule has 0 bridgehead atoms. The number of para-hydroxylation sites is 1. The van der Waals surface area contributed by atoms with Crippen LogP contribution in [0.2, 0.25) is 5.15 Å². The monoisotopic (exact) mass is 337 g/mol. The van der Waals surface area contributed by atoms with Crippen molar-refractivity contribution in [2.45, 2.75) is 13.0 Å². The second kappa shape index (κ2) is 7.55. The predicted molar refractivity (Wildman–Crippen MR) is 81.3 cm³/mol. The number of carbonyl (C=O) groups is 2. The lowest BCUT2D eigenvalue weighted by atomic mass is 10.3. The largest absolute Gasteiger partial charge is 0.478 e. The summed E-state index contributed by atoms with van der Waals surface area (Å²) in [7, 11) is 0. The fraction of sp³-hybridized carbons (Fsp3) is 0.133. The average Bonchev–Trinajstić information content (AvgIpc) is 2.55. The summed E-state index contributed by atoms with van der Waals surface area (Å²) in [4.78, 5) is 27.4. The fourth-order valence-corrected chi connectivity index (χ4v) is 1.70. The summed E-state index contributed by atoms with van der Waals surface area (Å²) >= 11 is 5.62. The van der Waals surface area contributed by atoms with Crippen molar-refractivity contribution in [1.29, 1.82) is 0 Å². The summed E-state index contributed by atoms with van der Waals surface area (Å²) in [6, 6.07) is 8.61. The highest BCUT2D eigenvalue weighted by Gasteiger charge is 2.17. The lowest BCUT2D eigenvalue weighted by Gasteiger charge is -2.15. The number of nitrogens with zero attached hydrogens (tertiary/aromatic N) is 1. The lowest BCUT2D eigenvalue weighted by Crippen LogP contribution is -2.47. The van der Waals surface area contributed by atoms with E-state index in [-0.39, 0.29) is 16.5 Å². The topological polar surface area (TPSA) is 80.3 Å². The number of carbonyl (C=O) groups excluding carboxylic acids is 2. The Morgan fingerprint density at radius 2 is 1.96 bits per heavy atom. The first kappa shape index (κ1) is 16.7. The van der Waals surface area contributed by atoms with Gasteiger partial charge < -0.3 is 4.74 Å². The van der Waals surface area contributed by atoms with Crippen molar-refractivity contribution < 1.29 is 18.7 Å². The molecule has 2 rings (SSSR count). The summed E-state index contributed by atoms with van der Waals surface area (Å²) in [6.07, 6.45) is 0.263. The van der Waals surface area contributed by atoms with Crippen LogP contribution in [0.15, 0.2) is 42.6 Å². The number of benzene rings is 1. The van der Waals surface area contributed by atoms with Gasteiger partial charge in [-0.2, -0.15) is 0 Å². The summed E-state index contributed by atoms with van der Waals surface area (Å²) in [6.45, 7) is 1.43. The van der Waals surface area contributed by atoms with Gasteiger partial charge in [0, 0.05) is 6.20 Å². The molecule has 2 N–H and O–H groups in total. The first-order valence-electron chi connectivity index (χ1n) is 6.60. The zero-order valence-corrected chi connectivity index (χ0v) is 12.8. The van der Waals surface area contributed by atoms with Gasteiger partial charge in [-0.1, -0.05) is 23.7 Å². The molecule has 2 aromatic rings. The van der Waals surface area contributed by atoms with Crippen LogP contribution in [0.25, 0.3) is 0 Å². The molecule has 0 aliphatic carbocycles. The number of hydrogen-bond donors (Lipinski definition) is 2. The van der Waals surface area contributed by atoms with Gasteiger partial charge in [-0.15, -0.1) is 0 Å². The minimum Gasteiger partial charge on any atom is -0.478 e. The molecule has 0 aliphatic heterocycles. The first-order valence-corrected chi connectivity index (χ1v) is 6.98. The predicted octanol–water partition coefficient (Wildman–Crippen LogP) is 2.10. The quantitative estimate of drug-likeness (QED) is 0.661. The van der Waals surface area contributed by atoms with E-state index >= 15 is 0 Å². The SMILES string of the molecule is C[C@@H](Oc1ccccc1F)C(=O)NNC(=O)c1ccc(Cl)nc1. The summed E-state index contributed by atoms with van der Waals surface area (Å²) in [5.41, 5.74) is 4.61. The van der Waals surface area contributed by atoms with Gasteiger partial charge in [0.2, 0.25) is 0 Å². The highest BCUT2D eigenvalue weighted by Crippen LogP contribution is 2.16. The van der Waals surface area contributed by atoms with Crippen LogP contribution in [0.1, 0.15) is 17.3 Å². The van der Waals surface area contributed by atoms with Crippen molar-refractivity contribution in [1.82, 2.24) is 15.8 Å². The van der Waals surface area contributed by atoms with Crippen LogP contribution >= 0.6 is 11.6 Å². The first-order chi connectivity index (χ1) is 11.0. The fourth-order valence-electron chi connectivity index (χ4n) is 1.59. The van der Waals surface area contributed by atoms with Gasteiger partial charge in [-0.05, 0) is 31.2 Å². The number of pyridine rings is 1. The van der Waals surface area contributed by atoms with Crippen LogP contribution in [0.3, 0.4) is 0 Å². The van der Waals surface area contributed by atoms with Crippen molar-refractivity contribution >= 4 is 23.4 Å². The van der Waals surface area contributed by atoms with E-state index in [0.29, 0.717) is 0 Å². The Morgan fingerprint density at radius 3 is 2.61 bits per heavy atom. The highest BCUT2D eigenvalue weighted by atomic mass is 35.5. The smallest absolute Gasteiger partial charge is 0.279 e. The standard InChI is InChI=1S/C15H13ClFN3O3/c1-9(23-12-5-3-2-4-11(12)17)14(21)19-20-15(22)10-6-7-13(16)18-8-10/h2-9H,1H3,(H,19,21)(H,20,22)/t9-/m1/s1. The molecule has 1 aromatic heterocycles. The molecule has 23 heavy (non-hydrogen) atoms. The number of amides is 2. The second-order valence-electron chi connectivity index (χ2n) is 4.50. The lowest BCUT2D eigenvalue weighted by molar-refractivity contribution is -0.128. The number of hydrazine groups is 1. The van der Waals surface area contributed by atoms with Crippen molar-refractivity contribution in [2.75, 3.05) is 0 Å². The minimum atomic E-state index is -1.00. The molecule has 0 radical (unpaired) electrons. The Bertz CT molecular complexity index is 709. The highest BCUT2D eigenvalue weighted by molar-refractivity contribution is 6.29. The number of aromatic nitrogens is 1. The molecular weight excluding hydrogens is 325 g/mol. The van der Waals surface area contributed by atoms with Gasteiger partial charge in [0.15, 0.2) is 17.7 Å². The normalized spacial score (nSPS) is 11.4. The third-order valence-corrected chi connectivity index (χ3v) is 3.02. The van der Waals surface area contributed by atoms with Gasteiger partial charge >= 0.3 is 0 Å². The molecule has 0 saturated carbocycles. The number of nitrogens with one attached hydrogen (secondary N) is 2. The number of halogens is 2. The molecule has 0 fully saturated rings. The maximum absolute atomic E-state index is 13.4. The Labute approximate surface area is 136 Å². The van der Waals surface area contributed by atoms with Gasteiger partial charge in [-0.25, -0.2) is 9.37 Å². The van der Waals surface area contributed by atoms with Gasteiger partial charge in [0.25, 0.3) is 11.8 Å². The van der Waals surface area contributed by atoms with Crippen molar-refractivity contribution in [3.8, 4) is 5.75 Å². The molecule has 1 heterocycles. The molecule has 0 saturated heterocycles. The number of hydrogen-bond acceptors (Lipinski definition) is 4. The Hall–Kier alpha value is -2.67. The van der Waals surface area contributed by atoms with Crippen molar-refractivity contribution in [2.24, 2.45) is 0 Å². The molecule has 6 nitrogen and oxygen atoms in total. The zero-order valence-electron chi connectivity index (χ0n) is 12.0. The summed E-state index contributed by atoms with van der Waals surface area (Å²) in [5.74, 6) is -1.84. The molecule has 1 atom stereocenters. The molecule has 0 unspecified atom stereocenters. The van der Waals surface area contributed by atoms with E-state index in [1.165, 1.54) is 43.5 Å². The van der Waals surface area contributed by atoms with Crippen molar-refractivity contribution in [3.05, 3.63) is 59.1 Å². The molecule has 1 aromatic carbocycles. The molecule has 0 spiro atoms. The Balaban J connectivity index is 1.87. The zero-order chi connectivity index (χ0) is 16.8. The van der Waals surface area contributed by atoms with E-state index < -0.39 is 23.7 Å². The van der Waals surface area contributed by atoms with Crippen LogP contribution in [-0.4, -0.2) is 22.9 Å². The molecule has 120 valence electrons. The Kier molecular flexibility index (Phi) is 5.48. The van der Waals surface area contributed by atoms with E-state index in [1.54, 1.807) is 6.07 Å². The van der Waals surface area contributed by atoms with E-state index in [2.05, 4.69) is 15.8 Å². The van der Waals surface area contributed by atoms with Crippen LogP contribution < -0.4 is 15.6 Å². The Morgan fingerprint density at radius 1 is 1.22 bits per heavy atom. The van der Waals surface area contributed by atoms with Crippen LogP contribution in [-0.2, 0) is 4.79 Å². The van der Waals surface area contributed by atoms with Gasteiger partial charge in [-0.3, -0.25) is 20.4 Å². The van der Waals surface area contributed by atoms with Gasteiger partial charge in [0.05, 0.1) is 5.56 Å². The molecule has 0 aliphatic rings. The van der Waals surface area contributed by atoms with Crippen LogP contribution in [0, 0.1) is 5.82 Å². The van der Waals surface area contributed by atoms with E-state index in [9.17, 15) is 14.0 Å². The third-order valence-electron chi connectivity index (χ3n) is 2.80. The maximum Gasteiger partial charge on any atom is 0.279 e. The van der Waals surface area contributed by atoms with E-state index in [0.717, 1.165) is 0 Å². The molecular formula is C15H13ClFN3O3. The summed E-state index contributed by atoms with van der Waals surface area (Å²) < 4.78 is 18.6. The molecule has 8 heteroatoms. The van der Waals surface area contributed by atoms with Gasteiger partial charge in [0.1, 0.15) is 5.15 Å². The summed E-state index contributed by atoms with van der Waals surface area (Å²) in [5, 5.41) is 0.248. The maximum atomic E-state index is 13.4. The number of ether oxygens (including phenoxy) is 1. The van der Waals surface area contributed by atoms with Crippen molar-refractivity contribution in [3.63, 3.8) is 0 Å².